The van der Waals surface area contributed by atoms with E-state index in [-0.39, 0.29) is 43.1 Å². The van der Waals surface area contributed by atoms with Gasteiger partial charge in [0.25, 0.3) is 11.2 Å². The van der Waals surface area contributed by atoms with Crippen LogP contribution < -0.4 is 21.9 Å². The number of amides is 1. The number of benzene rings is 3. The van der Waals surface area contributed by atoms with E-state index in [2.05, 4.69) is 0 Å². The second kappa shape index (κ2) is 12.5. The zero-order valence-electron chi connectivity index (χ0n) is 22.9. The number of non-ortho nitro benzene ring substituents is 1. The molecule has 13 heteroatoms. The maximum Gasteiger partial charge on any atom is 0.331 e. The van der Waals surface area contributed by atoms with Crippen molar-refractivity contribution in [1.82, 2.24) is 14.0 Å². The Kier molecular flexibility index (Phi) is 8.55. The van der Waals surface area contributed by atoms with Gasteiger partial charge in [-0.3, -0.25) is 33.7 Å². The van der Waals surface area contributed by atoms with Crippen LogP contribution in [-0.4, -0.2) is 44.5 Å². The Hall–Kier alpha value is -5.01. The number of nitrogens with two attached hydrogens (primary N) is 1. The SMILES string of the molecule is N[C@@H](Cn1c(=O)c(N2CCN(Cc3cccc([N+](=O)[O-])c3)CC2=O)cn(Cc2c(F)cccc2F)c1=O)c1ccccc1. The van der Waals surface area contributed by atoms with Crippen LogP contribution in [0.3, 0.4) is 0 Å². The Labute approximate surface area is 244 Å². The molecule has 43 heavy (non-hydrogen) atoms. The van der Waals surface area contributed by atoms with Crippen molar-refractivity contribution in [3.8, 4) is 0 Å². The number of anilines is 1. The van der Waals surface area contributed by atoms with E-state index >= 15 is 0 Å². The molecule has 1 aliphatic rings. The first-order valence-corrected chi connectivity index (χ1v) is 13.5. The van der Waals surface area contributed by atoms with Crippen LogP contribution in [0.5, 0.6) is 0 Å². The van der Waals surface area contributed by atoms with Gasteiger partial charge in [-0.2, -0.15) is 0 Å². The average molecular weight is 591 g/mol. The minimum Gasteiger partial charge on any atom is -0.322 e. The smallest absolute Gasteiger partial charge is 0.322 e. The number of hydrogen-bond acceptors (Lipinski definition) is 7. The molecular formula is C30H28F2N6O5. The quantitative estimate of drug-likeness (QED) is 0.234. The molecule has 1 aliphatic heterocycles. The first-order chi connectivity index (χ1) is 20.6. The molecule has 0 unspecified atom stereocenters. The third kappa shape index (κ3) is 6.42. The number of aromatic nitrogens is 2. The number of rotatable bonds is 9. The number of hydrogen-bond donors (Lipinski definition) is 1. The summed E-state index contributed by atoms with van der Waals surface area (Å²) in [6.45, 7) is -0.211. The van der Waals surface area contributed by atoms with Crippen LogP contribution in [0.2, 0.25) is 0 Å². The number of nitro benzene ring substituents is 1. The Balaban J connectivity index is 1.47. The monoisotopic (exact) mass is 590 g/mol. The summed E-state index contributed by atoms with van der Waals surface area (Å²) in [5.74, 6) is -2.17. The molecule has 1 atom stereocenters. The molecule has 2 heterocycles. The third-order valence-electron chi connectivity index (χ3n) is 7.33. The minimum atomic E-state index is -0.863. The maximum absolute atomic E-state index is 14.5. The summed E-state index contributed by atoms with van der Waals surface area (Å²) in [4.78, 5) is 54.2. The predicted molar refractivity (Wildman–Crippen MR) is 155 cm³/mol. The molecule has 5 rings (SSSR count). The number of nitro groups is 1. The van der Waals surface area contributed by atoms with E-state index < -0.39 is 46.3 Å². The summed E-state index contributed by atoms with van der Waals surface area (Å²) >= 11 is 0. The van der Waals surface area contributed by atoms with Crippen LogP contribution in [0.15, 0.2) is 88.6 Å². The summed E-state index contributed by atoms with van der Waals surface area (Å²) in [5.41, 5.74) is 5.48. The molecule has 0 radical (unpaired) electrons. The maximum atomic E-state index is 14.5. The molecule has 11 nitrogen and oxygen atoms in total. The molecule has 0 aliphatic carbocycles. The third-order valence-corrected chi connectivity index (χ3v) is 7.33. The minimum absolute atomic E-state index is 0.0646. The normalized spacial score (nSPS) is 14.6. The predicted octanol–water partition coefficient (Wildman–Crippen LogP) is 2.79. The van der Waals surface area contributed by atoms with Crippen molar-refractivity contribution in [3.05, 3.63) is 138 Å². The lowest BCUT2D eigenvalue weighted by molar-refractivity contribution is -0.384. The van der Waals surface area contributed by atoms with Gasteiger partial charge in [-0.15, -0.1) is 0 Å². The fourth-order valence-electron chi connectivity index (χ4n) is 5.09. The van der Waals surface area contributed by atoms with Crippen LogP contribution in [0.25, 0.3) is 0 Å². The second-order valence-electron chi connectivity index (χ2n) is 10.2. The second-order valence-corrected chi connectivity index (χ2v) is 10.2. The molecule has 0 spiro atoms. The van der Waals surface area contributed by atoms with Gasteiger partial charge in [0.1, 0.15) is 17.3 Å². The van der Waals surface area contributed by atoms with Crippen molar-refractivity contribution in [1.29, 1.82) is 0 Å². The number of carbonyl (C=O) groups excluding carboxylic acids is 1. The van der Waals surface area contributed by atoms with Crippen LogP contribution in [-0.2, 0) is 24.4 Å². The molecule has 1 saturated heterocycles. The van der Waals surface area contributed by atoms with Gasteiger partial charge in [-0.25, -0.2) is 13.6 Å². The van der Waals surface area contributed by atoms with Gasteiger partial charge >= 0.3 is 5.69 Å². The highest BCUT2D eigenvalue weighted by Crippen LogP contribution is 2.19. The number of carbonyl (C=O) groups is 1. The van der Waals surface area contributed by atoms with E-state index in [1.165, 1.54) is 23.1 Å². The summed E-state index contributed by atoms with van der Waals surface area (Å²) in [5, 5.41) is 11.1. The topological polar surface area (TPSA) is 137 Å². The van der Waals surface area contributed by atoms with Gasteiger partial charge < -0.3 is 10.6 Å². The van der Waals surface area contributed by atoms with Crippen molar-refractivity contribution in [2.75, 3.05) is 24.5 Å². The van der Waals surface area contributed by atoms with Crippen LogP contribution in [0.1, 0.15) is 22.7 Å². The highest BCUT2D eigenvalue weighted by atomic mass is 19.1. The van der Waals surface area contributed by atoms with E-state index in [1.807, 2.05) is 0 Å². The van der Waals surface area contributed by atoms with Crippen molar-refractivity contribution in [2.45, 2.75) is 25.7 Å². The Bertz CT molecular complexity index is 1770. The van der Waals surface area contributed by atoms with Crippen LogP contribution in [0, 0.1) is 21.7 Å². The first-order valence-electron chi connectivity index (χ1n) is 13.5. The molecule has 0 saturated carbocycles. The highest BCUT2D eigenvalue weighted by molar-refractivity contribution is 5.95. The average Bonchev–Trinajstić information content (AvgIpc) is 2.99. The summed E-state index contributed by atoms with van der Waals surface area (Å²) in [6.07, 6.45) is 1.15. The Morgan fingerprint density at radius 3 is 2.28 bits per heavy atom. The Morgan fingerprint density at radius 1 is 0.907 bits per heavy atom. The molecule has 1 amide bonds. The van der Waals surface area contributed by atoms with E-state index in [0.29, 0.717) is 17.7 Å². The largest absolute Gasteiger partial charge is 0.331 e. The van der Waals surface area contributed by atoms with Crippen LogP contribution >= 0.6 is 0 Å². The molecule has 1 fully saturated rings. The van der Waals surface area contributed by atoms with Gasteiger partial charge in [0.05, 0.1) is 24.6 Å². The van der Waals surface area contributed by atoms with E-state index in [0.717, 1.165) is 27.5 Å². The zero-order valence-corrected chi connectivity index (χ0v) is 22.9. The van der Waals surface area contributed by atoms with Gasteiger partial charge in [0, 0.05) is 49.6 Å². The van der Waals surface area contributed by atoms with Crippen LogP contribution in [0.4, 0.5) is 20.2 Å². The highest BCUT2D eigenvalue weighted by Gasteiger charge is 2.29. The lowest BCUT2D eigenvalue weighted by Gasteiger charge is -2.34. The number of piperazine rings is 1. The van der Waals surface area contributed by atoms with Gasteiger partial charge in [-0.05, 0) is 23.3 Å². The van der Waals surface area contributed by atoms with E-state index in [4.69, 9.17) is 5.73 Å². The van der Waals surface area contributed by atoms with Gasteiger partial charge in [-0.1, -0.05) is 48.5 Å². The lowest BCUT2D eigenvalue weighted by atomic mass is 10.1. The molecule has 1 aromatic heterocycles. The molecular weight excluding hydrogens is 562 g/mol. The fourth-order valence-corrected chi connectivity index (χ4v) is 5.09. The summed E-state index contributed by atoms with van der Waals surface area (Å²) in [7, 11) is 0. The molecule has 4 aromatic rings. The Morgan fingerprint density at radius 2 is 1.60 bits per heavy atom. The molecule has 222 valence electrons. The van der Waals surface area contributed by atoms with Gasteiger partial charge in [0.2, 0.25) is 5.91 Å². The van der Waals surface area contributed by atoms with E-state index in [9.17, 15) is 33.3 Å². The molecule has 3 aromatic carbocycles. The van der Waals surface area contributed by atoms with Crippen molar-refractivity contribution < 1.29 is 18.5 Å². The standard InChI is InChI=1S/C30H28F2N6O5/c31-24-10-5-11-25(32)23(24)16-35-18-27(29(40)37(30(35)41)17-26(33)21-7-2-1-3-8-21)36-13-12-34(19-28(36)39)15-20-6-4-9-22(14-20)38(42)43/h1-11,14,18,26H,12-13,15-17,19,33H2/t26-/m0/s1. The lowest BCUT2D eigenvalue weighted by Crippen LogP contribution is -2.53. The summed E-state index contributed by atoms with van der Waals surface area (Å²) < 4.78 is 31.0. The van der Waals surface area contributed by atoms with Crippen molar-refractivity contribution >= 4 is 17.3 Å². The van der Waals surface area contributed by atoms with Crippen molar-refractivity contribution in [3.63, 3.8) is 0 Å². The molecule has 0 bridgehead atoms. The van der Waals surface area contributed by atoms with E-state index in [1.54, 1.807) is 47.4 Å². The first kappa shape index (κ1) is 29.5. The fraction of sp³-hybridized carbons (Fsp3) is 0.233. The number of halogens is 2. The van der Waals surface area contributed by atoms with Gasteiger partial charge in [0.15, 0.2) is 0 Å². The molecule has 2 N–H and O–H groups in total. The summed E-state index contributed by atoms with van der Waals surface area (Å²) in [6, 6.07) is 17.5. The van der Waals surface area contributed by atoms with Crippen molar-refractivity contribution in [2.24, 2.45) is 5.73 Å². The number of nitrogens with zero attached hydrogens (tertiary/aromatic N) is 5. The zero-order chi connectivity index (χ0) is 30.7.